The minimum Gasteiger partial charge on any atom is -0.478 e. The normalized spacial score (nSPS) is 11.7. The summed E-state index contributed by atoms with van der Waals surface area (Å²) >= 11 is 3.19. The van der Waals surface area contributed by atoms with Gasteiger partial charge in [0.15, 0.2) is 0 Å². The Morgan fingerprint density at radius 1 is 1.45 bits per heavy atom. The van der Waals surface area contributed by atoms with Gasteiger partial charge >= 0.3 is 5.97 Å². The van der Waals surface area contributed by atoms with Crippen molar-refractivity contribution in [3.63, 3.8) is 0 Å². The maximum atomic E-state index is 12.4. The minimum atomic E-state index is -3.75. The lowest BCUT2D eigenvalue weighted by Crippen LogP contribution is -2.28. The van der Waals surface area contributed by atoms with Crippen LogP contribution in [0.25, 0.3) is 0 Å². The van der Waals surface area contributed by atoms with Crippen LogP contribution in [0.5, 0.6) is 0 Å². The first kappa shape index (κ1) is 16.9. The first-order chi connectivity index (χ1) is 9.07. The number of nitrogens with zero attached hydrogens (tertiary/aromatic N) is 1. The fourth-order valence-electron chi connectivity index (χ4n) is 1.67. The molecule has 0 radical (unpaired) electrons. The van der Waals surface area contributed by atoms with E-state index in [2.05, 4.69) is 22.5 Å². The molecule has 1 aromatic rings. The Labute approximate surface area is 127 Å². The fraction of sp³-hybridized carbons (Fsp3) is 0.308. The van der Waals surface area contributed by atoms with Crippen molar-refractivity contribution in [3.05, 3.63) is 39.9 Å². The van der Waals surface area contributed by atoms with Gasteiger partial charge in [-0.25, -0.2) is 13.2 Å². The zero-order valence-electron chi connectivity index (χ0n) is 11.5. The van der Waals surface area contributed by atoms with E-state index in [1.165, 1.54) is 19.2 Å². The van der Waals surface area contributed by atoms with Crippen molar-refractivity contribution in [2.24, 2.45) is 0 Å². The molecule has 1 rings (SSSR count). The van der Waals surface area contributed by atoms with Gasteiger partial charge in [-0.1, -0.05) is 28.1 Å². The number of halogens is 1. The average Bonchev–Trinajstić information content (AvgIpc) is 2.30. The molecule has 0 fully saturated rings. The molecule has 0 atom stereocenters. The fourth-order valence-corrected chi connectivity index (χ4v) is 3.57. The number of carbonyl (C=O) groups is 1. The first-order valence-corrected chi connectivity index (χ1v) is 7.95. The minimum absolute atomic E-state index is 0.0401. The highest BCUT2D eigenvalue weighted by molar-refractivity contribution is 9.10. The largest absolute Gasteiger partial charge is 0.478 e. The van der Waals surface area contributed by atoms with Crippen LogP contribution < -0.4 is 0 Å². The Morgan fingerprint density at radius 3 is 2.45 bits per heavy atom. The number of hydrogen-bond donors (Lipinski definition) is 1. The number of carboxylic acid groups (broad SMARTS) is 1. The zero-order chi connectivity index (χ0) is 15.7. The molecule has 0 bridgehead atoms. The molecule has 20 heavy (non-hydrogen) atoms. The van der Waals surface area contributed by atoms with Crippen molar-refractivity contribution in [2.45, 2.75) is 18.7 Å². The van der Waals surface area contributed by atoms with E-state index in [1.807, 2.05) is 0 Å². The Hall–Kier alpha value is -1.18. The molecule has 0 heterocycles. The molecule has 0 aliphatic heterocycles. The molecular formula is C13H16BrNO4S. The number of benzene rings is 1. The first-order valence-electron chi connectivity index (χ1n) is 5.71. The number of aromatic carboxylic acids is 1. The lowest BCUT2D eigenvalue weighted by Gasteiger charge is -2.18. The summed E-state index contributed by atoms with van der Waals surface area (Å²) in [6.07, 6.45) is 0. The van der Waals surface area contributed by atoms with Crippen molar-refractivity contribution < 1.29 is 18.3 Å². The van der Waals surface area contributed by atoms with Crippen molar-refractivity contribution in [3.8, 4) is 0 Å². The molecule has 0 saturated heterocycles. The van der Waals surface area contributed by atoms with Crippen LogP contribution in [0.2, 0.25) is 0 Å². The molecule has 0 saturated carbocycles. The lowest BCUT2D eigenvalue weighted by atomic mass is 10.1. The molecule has 7 heteroatoms. The Balaban J connectivity index is 3.40. The van der Waals surface area contributed by atoms with E-state index < -0.39 is 16.0 Å². The van der Waals surface area contributed by atoms with Gasteiger partial charge in [0, 0.05) is 18.1 Å². The molecule has 5 nitrogen and oxygen atoms in total. The van der Waals surface area contributed by atoms with Crippen LogP contribution in [0, 0.1) is 6.92 Å². The smallest absolute Gasteiger partial charge is 0.336 e. The van der Waals surface area contributed by atoms with Crippen LogP contribution in [0.4, 0.5) is 0 Å². The van der Waals surface area contributed by atoms with Gasteiger partial charge in [-0.2, -0.15) is 4.31 Å². The molecule has 0 aliphatic carbocycles. The van der Waals surface area contributed by atoms with Gasteiger partial charge in [-0.15, -0.1) is 0 Å². The molecular weight excluding hydrogens is 346 g/mol. The third kappa shape index (κ3) is 3.47. The lowest BCUT2D eigenvalue weighted by molar-refractivity contribution is 0.0695. The van der Waals surface area contributed by atoms with E-state index in [-0.39, 0.29) is 17.0 Å². The van der Waals surface area contributed by atoms with E-state index in [4.69, 9.17) is 5.11 Å². The number of rotatable bonds is 5. The number of likely N-dealkylation sites (N-methyl/N-ethyl adjacent to an activating group) is 1. The van der Waals surface area contributed by atoms with Gasteiger partial charge in [-0.3, -0.25) is 0 Å². The highest BCUT2D eigenvalue weighted by atomic mass is 79.9. The highest BCUT2D eigenvalue weighted by Crippen LogP contribution is 2.26. The molecule has 0 amide bonds. The van der Waals surface area contributed by atoms with Crippen molar-refractivity contribution in [2.75, 3.05) is 13.6 Å². The predicted molar refractivity (Wildman–Crippen MR) is 80.5 cm³/mol. The van der Waals surface area contributed by atoms with Gasteiger partial charge in [0.25, 0.3) is 0 Å². The van der Waals surface area contributed by atoms with Crippen LogP contribution >= 0.6 is 15.9 Å². The maximum absolute atomic E-state index is 12.4. The molecule has 0 aromatic heterocycles. The number of sulfonamides is 1. The van der Waals surface area contributed by atoms with Gasteiger partial charge in [0.2, 0.25) is 10.0 Å². The quantitative estimate of drug-likeness (QED) is 0.818. The SMILES string of the molecule is C=C(C)CN(C)S(=O)(=O)c1cc(Br)c(C)c(C(=O)O)c1. The summed E-state index contributed by atoms with van der Waals surface area (Å²) in [6.45, 7) is 7.18. The summed E-state index contributed by atoms with van der Waals surface area (Å²) in [4.78, 5) is 11.1. The van der Waals surface area contributed by atoms with E-state index in [1.54, 1.807) is 13.8 Å². The predicted octanol–water partition coefficient (Wildman–Crippen LogP) is 2.65. The summed E-state index contributed by atoms with van der Waals surface area (Å²) in [5.41, 5.74) is 1.14. The van der Waals surface area contributed by atoms with Crippen LogP contribution in [0.3, 0.4) is 0 Å². The second kappa shape index (κ2) is 6.07. The van der Waals surface area contributed by atoms with E-state index >= 15 is 0 Å². The van der Waals surface area contributed by atoms with Gasteiger partial charge in [0.05, 0.1) is 10.5 Å². The standard InChI is InChI=1S/C13H16BrNO4S/c1-8(2)7-15(4)20(18,19)10-5-11(13(16)17)9(3)12(14)6-10/h5-6H,1,7H2,2-4H3,(H,16,17). The van der Waals surface area contributed by atoms with E-state index in [0.29, 0.717) is 15.6 Å². The summed E-state index contributed by atoms with van der Waals surface area (Å²) in [6, 6.07) is 2.58. The van der Waals surface area contributed by atoms with Crippen LogP contribution in [-0.2, 0) is 10.0 Å². The average molecular weight is 362 g/mol. The van der Waals surface area contributed by atoms with Gasteiger partial charge in [-0.05, 0) is 31.5 Å². The molecule has 0 unspecified atom stereocenters. The summed E-state index contributed by atoms with van der Waals surface area (Å²) in [5, 5.41) is 9.12. The number of hydrogen-bond acceptors (Lipinski definition) is 3. The van der Waals surface area contributed by atoms with Crippen molar-refractivity contribution in [1.29, 1.82) is 0 Å². The number of carboxylic acids is 1. The zero-order valence-corrected chi connectivity index (χ0v) is 13.9. The monoisotopic (exact) mass is 361 g/mol. The van der Waals surface area contributed by atoms with Crippen LogP contribution in [0.15, 0.2) is 33.7 Å². The third-order valence-electron chi connectivity index (χ3n) is 2.75. The molecule has 1 aromatic carbocycles. The molecule has 110 valence electrons. The Kier molecular flexibility index (Phi) is 5.12. The van der Waals surface area contributed by atoms with Crippen molar-refractivity contribution >= 4 is 31.9 Å². The van der Waals surface area contributed by atoms with Gasteiger partial charge in [0.1, 0.15) is 0 Å². The van der Waals surface area contributed by atoms with Gasteiger partial charge < -0.3 is 5.11 Å². The summed E-state index contributed by atoms with van der Waals surface area (Å²) < 4.78 is 26.3. The van der Waals surface area contributed by atoms with Crippen LogP contribution in [-0.4, -0.2) is 37.4 Å². The summed E-state index contributed by atoms with van der Waals surface area (Å²) in [7, 11) is -2.32. The molecule has 0 spiro atoms. The summed E-state index contributed by atoms with van der Waals surface area (Å²) in [5.74, 6) is -1.16. The van der Waals surface area contributed by atoms with E-state index in [0.717, 1.165) is 4.31 Å². The second-order valence-electron chi connectivity index (χ2n) is 4.60. The van der Waals surface area contributed by atoms with E-state index in [9.17, 15) is 13.2 Å². The van der Waals surface area contributed by atoms with Crippen LogP contribution in [0.1, 0.15) is 22.8 Å². The Bertz CT molecular complexity index is 667. The molecule has 0 aliphatic rings. The maximum Gasteiger partial charge on any atom is 0.336 e. The topological polar surface area (TPSA) is 74.7 Å². The molecule has 1 N–H and O–H groups in total. The Morgan fingerprint density at radius 2 is 2.00 bits per heavy atom. The third-order valence-corrected chi connectivity index (χ3v) is 5.35. The highest BCUT2D eigenvalue weighted by Gasteiger charge is 2.24. The second-order valence-corrected chi connectivity index (χ2v) is 7.50. The van der Waals surface area contributed by atoms with Crippen molar-refractivity contribution in [1.82, 2.24) is 4.31 Å².